The Balaban J connectivity index is 1.53. The number of urea groups is 1. The molecule has 0 aromatic heterocycles. The first-order valence-electron chi connectivity index (χ1n) is 9.64. The number of amides is 2. The zero-order chi connectivity index (χ0) is 19.8. The van der Waals surface area contributed by atoms with Gasteiger partial charge in [-0.2, -0.15) is 0 Å². The maximum atomic E-state index is 12.5. The summed E-state index contributed by atoms with van der Waals surface area (Å²) < 4.78 is 10.6. The number of nitrogens with one attached hydrogen (secondary N) is 1. The minimum atomic E-state index is -0.0861. The van der Waals surface area contributed by atoms with Gasteiger partial charge in [0.15, 0.2) is 0 Å². The Hall–Kier alpha value is -2.57. The molecule has 0 radical (unpaired) electrons. The maximum Gasteiger partial charge on any atom is 0.317 e. The number of ether oxygens (including phenoxy) is 2. The Morgan fingerprint density at radius 2 is 1.79 bits per heavy atom. The first-order valence-corrected chi connectivity index (χ1v) is 9.64. The van der Waals surface area contributed by atoms with Crippen LogP contribution in [0, 0.1) is 0 Å². The zero-order valence-electron chi connectivity index (χ0n) is 16.7. The third-order valence-corrected chi connectivity index (χ3v) is 4.97. The lowest BCUT2D eigenvalue weighted by molar-refractivity contribution is 0.0341. The van der Waals surface area contributed by atoms with Crippen molar-refractivity contribution < 1.29 is 14.3 Å². The summed E-state index contributed by atoms with van der Waals surface area (Å²) in [6.45, 7) is 5.43. The van der Waals surface area contributed by atoms with Crippen LogP contribution in [0.4, 0.5) is 4.79 Å². The van der Waals surface area contributed by atoms with Gasteiger partial charge in [0.1, 0.15) is 5.75 Å². The van der Waals surface area contributed by atoms with Crippen LogP contribution in [-0.4, -0.2) is 56.3 Å². The highest BCUT2D eigenvalue weighted by Gasteiger charge is 2.14. The van der Waals surface area contributed by atoms with Gasteiger partial charge in [0.2, 0.25) is 0 Å². The highest BCUT2D eigenvalue weighted by atomic mass is 16.5. The second-order valence-corrected chi connectivity index (χ2v) is 7.02. The van der Waals surface area contributed by atoms with Gasteiger partial charge in [-0.15, -0.1) is 0 Å². The van der Waals surface area contributed by atoms with E-state index in [1.54, 1.807) is 19.1 Å². The Morgan fingerprint density at radius 1 is 1.11 bits per heavy atom. The largest absolute Gasteiger partial charge is 0.497 e. The Morgan fingerprint density at radius 3 is 2.46 bits per heavy atom. The van der Waals surface area contributed by atoms with E-state index in [4.69, 9.17) is 9.47 Å². The molecule has 1 aliphatic rings. The summed E-state index contributed by atoms with van der Waals surface area (Å²) in [7, 11) is 3.45. The molecule has 2 aromatic rings. The summed E-state index contributed by atoms with van der Waals surface area (Å²) >= 11 is 0. The minimum absolute atomic E-state index is 0.0861. The topological polar surface area (TPSA) is 54.0 Å². The number of methoxy groups -OCH3 is 1. The second kappa shape index (κ2) is 10.1. The Bertz CT molecular complexity index is 758. The van der Waals surface area contributed by atoms with E-state index >= 15 is 0 Å². The van der Waals surface area contributed by atoms with Gasteiger partial charge >= 0.3 is 6.03 Å². The molecule has 150 valence electrons. The van der Waals surface area contributed by atoms with E-state index in [1.165, 1.54) is 5.56 Å². The quantitative estimate of drug-likeness (QED) is 0.799. The summed E-state index contributed by atoms with van der Waals surface area (Å²) in [6, 6.07) is 16.0. The van der Waals surface area contributed by atoms with E-state index in [2.05, 4.69) is 28.4 Å². The molecule has 1 saturated heterocycles. The van der Waals surface area contributed by atoms with E-state index in [-0.39, 0.29) is 6.03 Å². The molecule has 28 heavy (non-hydrogen) atoms. The van der Waals surface area contributed by atoms with Crippen molar-refractivity contribution in [2.24, 2.45) is 0 Å². The predicted octanol–water partition coefficient (Wildman–Crippen LogP) is 2.87. The molecule has 0 atom stereocenters. The monoisotopic (exact) mass is 383 g/mol. The van der Waals surface area contributed by atoms with Gasteiger partial charge in [-0.25, -0.2) is 4.79 Å². The molecule has 0 saturated carbocycles. The maximum absolute atomic E-state index is 12.5. The molecular weight excluding hydrogens is 354 g/mol. The third kappa shape index (κ3) is 5.71. The number of benzene rings is 2. The van der Waals surface area contributed by atoms with Crippen LogP contribution in [0.2, 0.25) is 0 Å². The number of hydrogen-bond donors (Lipinski definition) is 1. The van der Waals surface area contributed by atoms with Crippen molar-refractivity contribution >= 4 is 6.03 Å². The van der Waals surface area contributed by atoms with Gasteiger partial charge in [0.25, 0.3) is 0 Å². The van der Waals surface area contributed by atoms with Crippen molar-refractivity contribution in [1.82, 2.24) is 15.1 Å². The zero-order valence-corrected chi connectivity index (χ0v) is 16.7. The fraction of sp³-hybridized carbons (Fsp3) is 0.409. The van der Waals surface area contributed by atoms with Gasteiger partial charge in [0, 0.05) is 39.8 Å². The van der Waals surface area contributed by atoms with Crippen LogP contribution in [0.1, 0.15) is 16.7 Å². The summed E-state index contributed by atoms with van der Waals surface area (Å²) in [5.74, 6) is 0.813. The number of hydrogen-bond acceptors (Lipinski definition) is 4. The van der Waals surface area contributed by atoms with Crippen LogP contribution in [0.25, 0.3) is 0 Å². The van der Waals surface area contributed by atoms with Crippen LogP contribution < -0.4 is 10.1 Å². The standard InChI is InChI=1S/C22H29N3O3/c1-24(16-18-7-9-21(27-2)10-8-18)22(26)23-15-19-5-3-4-6-20(19)17-25-11-13-28-14-12-25/h3-10H,11-17H2,1-2H3,(H,23,26). The first kappa shape index (κ1) is 20.2. The highest BCUT2D eigenvalue weighted by molar-refractivity contribution is 5.73. The van der Waals surface area contributed by atoms with E-state index in [1.807, 2.05) is 30.3 Å². The lowest BCUT2D eigenvalue weighted by atomic mass is 10.1. The third-order valence-electron chi connectivity index (χ3n) is 4.97. The normalized spacial score (nSPS) is 14.5. The molecule has 2 amide bonds. The van der Waals surface area contributed by atoms with Crippen molar-refractivity contribution in [2.45, 2.75) is 19.6 Å². The molecule has 0 aliphatic carbocycles. The second-order valence-electron chi connectivity index (χ2n) is 7.02. The first-order chi connectivity index (χ1) is 13.7. The van der Waals surface area contributed by atoms with Gasteiger partial charge in [0.05, 0.1) is 20.3 Å². The lowest BCUT2D eigenvalue weighted by Gasteiger charge is -2.27. The predicted molar refractivity (Wildman–Crippen MR) is 109 cm³/mol. The van der Waals surface area contributed by atoms with Gasteiger partial charge in [-0.1, -0.05) is 36.4 Å². The van der Waals surface area contributed by atoms with Gasteiger partial charge in [-0.3, -0.25) is 4.90 Å². The Kier molecular flexibility index (Phi) is 7.28. The summed E-state index contributed by atoms with van der Waals surface area (Å²) in [6.07, 6.45) is 0. The van der Waals surface area contributed by atoms with E-state index < -0.39 is 0 Å². The number of carbonyl (C=O) groups excluding carboxylic acids is 1. The fourth-order valence-electron chi connectivity index (χ4n) is 3.27. The number of rotatable bonds is 7. The molecule has 6 heteroatoms. The average molecular weight is 383 g/mol. The van der Waals surface area contributed by atoms with E-state index in [0.29, 0.717) is 13.1 Å². The van der Waals surface area contributed by atoms with Crippen molar-refractivity contribution in [3.63, 3.8) is 0 Å². The fourth-order valence-corrected chi connectivity index (χ4v) is 3.27. The minimum Gasteiger partial charge on any atom is -0.497 e. The van der Waals surface area contributed by atoms with Crippen molar-refractivity contribution in [3.05, 3.63) is 65.2 Å². The average Bonchev–Trinajstić information content (AvgIpc) is 2.74. The molecule has 1 fully saturated rings. The van der Waals surface area contributed by atoms with Gasteiger partial charge in [-0.05, 0) is 28.8 Å². The molecule has 1 heterocycles. The summed E-state index contributed by atoms with van der Waals surface area (Å²) in [5, 5.41) is 3.04. The molecule has 6 nitrogen and oxygen atoms in total. The molecule has 3 rings (SSSR count). The van der Waals surface area contributed by atoms with Crippen LogP contribution in [0.5, 0.6) is 5.75 Å². The Labute approximate surface area is 167 Å². The van der Waals surface area contributed by atoms with Crippen LogP contribution in [0.3, 0.4) is 0 Å². The van der Waals surface area contributed by atoms with Crippen molar-refractivity contribution in [2.75, 3.05) is 40.5 Å². The molecule has 0 spiro atoms. The number of morpholine rings is 1. The molecular formula is C22H29N3O3. The highest BCUT2D eigenvalue weighted by Crippen LogP contribution is 2.14. The molecule has 0 bridgehead atoms. The molecule has 1 N–H and O–H groups in total. The van der Waals surface area contributed by atoms with Crippen molar-refractivity contribution in [3.8, 4) is 5.75 Å². The molecule has 1 aliphatic heterocycles. The smallest absolute Gasteiger partial charge is 0.317 e. The van der Waals surface area contributed by atoms with E-state index in [0.717, 1.165) is 49.7 Å². The summed E-state index contributed by atoms with van der Waals surface area (Å²) in [4.78, 5) is 16.6. The molecule has 2 aromatic carbocycles. The van der Waals surface area contributed by atoms with Crippen LogP contribution >= 0.6 is 0 Å². The summed E-state index contributed by atoms with van der Waals surface area (Å²) in [5.41, 5.74) is 3.47. The van der Waals surface area contributed by atoms with Crippen LogP contribution in [-0.2, 0) is 24.4 Å². The SMILES string of the molecule is COc1ccc(CN(C)C(=O)NCc2ccccc2CN2CCOCC2)cc1. The lowest BCUT2D eigenvalue weighted by Crippen LogP contribution is -2.37. The van der Waals surface area contributed by atoms with E-state index in [9.17, 15) is 4.79 Å². The number of nitrogens with zero attached hydrogens (tertiary/aromatic N) is 2. The van der Waals surface area contributed by atoms with Gasteiger partial charge < -0.3 is 19.7 Å². The van der Waals surface area contributed by atoms with Crippen molar-refractivity contribution in [1.29, 1.82) is 0 Å². The molecule has 0 unspecified atom stereocenters. The van der Waals surface area contributed by atoms with Crippen LogP contribution in [0.15, 0.2) is 48.5 Å². The number of carbonyl (C=O) groups is 1.